The standard InChI is InChI=1S/C23H30N4O4/c1-30-18-7-5-17(6-8-18)22-19(31-2)13-21(29)27(25-22)14-20(28)24-15-23(9-10-23)16-26-11-3-4-12-26/h5-8,13H,3-4,9-12,14-16H2,1-2H3,(H,24,28). The molecule has 1 saturated heterocycles. The molecule has 1 saturated carbocycles. The van der Waals surface area contributed by atoms with Crippen LogP contribution >= 0.6 is 0 Å². The second-order valence-corrected chi connectivity index (χ2v) is 8.55. The van der Waals surface area contributed by atoms with Crippen LogP contribution in [0.1, 0.15) is 25.7 Å². The average Bonchev–Trinajstić information content (AvgIpc) is 3.36. The monoisotopic (exact) mass is 426 g/mol. The van der Waals surface area contributed by atoms with Gasteiger partial charge in [0.25, 0.3) is 5.56 Å². The number of aromatic nitrogens is 2. The zero-order valence-electron chi connectivity index (χ0n) is 18.2. The summed E-state index contributed by atoms with van der Waals surface area (Å²) in [6.07, 6.45) is 4.83. The summed E-state index contributed by atoms with van der Waals surface area (Å²) in [6, 6.07) is 8.68. The predicted octanol–water partition coefficient (Wildman–Crippen LogP) is 1.92. The van der Waals surface area contributed by atoms with Gasteiger partial charge in [0.2, 0.25) is 5.91 Å². The number of benzene rings is 1. The normalized spacial score (nSPS) is 17.4. The second-order valence-electron chi connectivity index (χ2n) is 8.55. The maximum absolute atomic E-state index is 12.6. The van der Waals surface area contributed by atoms with Crippen molar-refractivity contribution >= 4 is 5.91 Å². The van der Waals surface area contributed by atoms with Crippen molar-refractivity contribution in [2.24, 2.45) is 5.41 Å². The van der Waals surface area contributed by atoms with Crippen LogP contribution in [-0.2, 0) is 11.3 Å². The molecule has 1 aliphatic heterocycles. The van der Waals surface area contributed by atoms with E-state index in [0.717, 1.165) is 43.8 Å². The molecule has 1 aromatic heterocycles. The van der Waals surface area contributed by atoms with Crippen LogP contribution in [0, 0.1) is 5.41 Å². The van der Waals surface area contributed by atoms with Crippen LogP contribution in [0.5, 0.6) is 11.5 Å². The third-order valence-corrected chi connectivity index (χ3v) is 6.22. The van der Waals surface area contributed by atoms with Crippen molar-refractivity contribution in [1.82, 2.24) is 20.0 Å². The number of methoxy groups -OCH3 is 2. The fraction of sp³-hybridized carbons (Fsp3) is 0.522. The number of nitrogens with one attached hydrogen (secondary N) is 1. The first-order chi connectivity index (χ1) is 15.0. The minimum atomic E-state index is -0.373. The van der Waals surface area contributed by atoms with Crippen molar-refractivity contribution in [2.45, 2.75) is 32.2 Å². The van der Waals surface area contributed by atoms with Gasteiger partial charge in [-0.25, -0.2) is 4.68 Å². The fourth-order valence-electron chi connectivity index (χ4n) is 4.15. The fourth-order valence-corrected chi connectivity index (χ4v) is 4.15. The first-order valence-electron chi connectivity index (χ1n) is 10.8. The molecule has 2 aliphatic rings. The van der Waals surface area contributed by atoms with Crippen molar-refractivity contribution in [3.63, 3.8) is 0 Å². The van der Waals surface area contributed by atoms with Crippen molar-refractivity contribution in [1.29, 1.82) is 0 Å². The summed E-state index contributed by atoms with van der Waals surface area (Å²) >= 11 is 0. The third kappa shape index (κ3) is 5.07. The van der Waals surface area contributed by atoms with Crippen LogP contribution in [0.4, 0.5) is 0 Å². The number of nitrogens with zero attached hydrogens (tertiary/aromatic N) is 3. The van der Waals surface area contributed by atoms with E-state index in [2.05, 4.69) is 15.3 Å². The maximum Gasteiger partial charge on any atom is 0.270 e. The Bertz CT molecular complexity index is 976. The first-order valence-corrected chi connectivity index (χ1v) is 10.8. The Balaban J connectivity index is 1.43. The van der Waals surface area contributed by atoms with Crippen LogP contribution < -0.4 is 20.3 Å². The van der Waals surface area contributed by atoms with Gasteiger partial charge in [0.05, 0.1) is 14.2 Å². The lowest BCUT2D eigenvalue weighted by Gasteiger charge is -2.23. The minimum Gasteiger partial charge on any atom is -0.497 e. The van der Waals surface area contributed by atoms with Gasteiger partial charge in [0.15, 0.2) is 5.75 Å². The van der Waals surface area contributed by atoms with Gasteiger partial charge in [0.1, 0.15) is 18.0 Å². The van der Waals surface area contributed by atoms with Gasteiger partial charge in [-0.2, -0.15) is 5.10 Å². The number of hydrogen-bond donors (Lipinski definition) is 1. The van der Waals surface area contributed by atoms with Gasteiger partial charge in [0, 0.05) is 30.1 Å². The molecule has 0 spiro atoms. The average molecular weight is 427 g/mol. The summed E-state index contributed by atoms with van der Waals surface area (Å²) < 4.78 is 11.7. The highest BCUT2D eigenvalue weighted by Crippen LogP contribution is 2.46. The molecule has 166 valence electrons. The zero-order valence-corrected chi connectivity index (χ0v) is 18.2. The molecule has 0 unspecified atom stereocenters. The Morgan fingerprint density at radius 2 is 1.84 bits per heavy atom. The molecule has 8 heteroatoms. The van der Waals surface area contributed by atoms with E-state index in [-0.39, 0.29) is 23.4 Å². The summed E-state index contributed by atoms with van der Waals surface area (Å²) in [4.78, 5) is 27.6. The van der Waals surface area contributed by atoms with Crippen molar-refractivity contribution < 1.29 is 14.3 Å². The van der Waals surface area contributed by atoms with E-state index in [0.29, 0.717) is 18.0 Å². The van der Waals surface area contributed by atoms with Crippen LogP contribution in [0.15, 0.2) is 35.1 Å². The molecule has 31 heavy (non-hydrogen) atoms. The van der Waals surface area contributed by atoms with E-state index in [1.807, 2.05) is 24.3 Å². The van der Waals surface area contributed by atoms with Gasteiger partial charge in [-0.3, -0.25) is 9.59 Å². The Morgan fingerprint density at radius 3 is 2.45 bits per heavy atom. The van der Waals surface area contributed by atoms with Crippen LogP contribution in [-0.4, -0.2) is 61.0 Å². The summed E-state index contributed by atoms with van der Waals surface area (Å²) in [6.45, 7) is 3.91. The lowest BCUT2D eigenvalue weighted by Crippen LogP contribution is -2.39. The van der Waals surface area contributed by atoms with E-state index in [4.69, 9.17) is 9.47 Å². The number of carbonyl (C=O) groups is 1. The zero-order chi connectivity index (χ0) is 21.8. The van der Waals surface area contributed by atoms with Crippen molar-refractivity contribution in [3.8, 4) is 22.8 Å². The SMILES string of the molecule is COc1ccc(-c2nn(CC(=O)NCC3(CN4CCCC4)CC3)c(=O)cc2OC)cc1. The summed E-state index contributed by atoms with van der Waals surface area (Å²) in [5.41, 5.74) is 1.11. The number of amides is 1. The van der Waals surface area contributed by atoms with E-state index in [9.17, 15) is 9.59 Å². The van der Waals surface area contributed by atoms with E-state index < -0.39 is 0 Å². The highest BCUT2D eigenvalue weighted by Gasteiger charge is 2.44. The topological polar surface area (TPSA) is 85.7 Å². The van der Waals surface area contributed by atoms with Crippen LogP contribution in [0.3, 0.4) is 0 Å². The molecule has 8 nitrogen and oxygen atoms in total. The molecule has 1 aromatic carbocycles. The quantitative estimate of drug-likeness (QED) is 0.659. The minimum absolute atomic E-state index is 0.119. The molecular formula is C23H30N4O4. The molecule has 4 rings (SSSR count). The van der Waals surface area contributed by atoms with Crippen LogP contribution in [0.25, 0.3) is 11.3 Å². The summed E-state index contributed by atoms with van der Waals surface area (Å²) in [5, 5.41) is 7.45. The number of hydrogen-bond acceptors (Lipinski definition) is 6. The predicted molar refractivity (Wildman–Crippen MR) is 117 cm³/mol. The lowest BCUT2D eigenvalue weighted by atomic mass is 10.1. The Kier molecular flexibility index (Phi) is 6.27. The van der Waals surface area contributed by atoms with E-state index >= 15 is 0 Å². The number of ether oxygens (including phenoxy) is 2. The molecule has 1 aliphatic carbocycles. The third-order valence-electron chi connectivity index (χ3n) is 6.22. The molecule has 0 radical (unpaired) electrons. The first kappa shape index (κ1) is 21.4. The Labute approximate surface area is 182 Å². The second kappa shape index (κ2) is 9.09. The molecular weight excluding hydrogens is 396 g/mol. The Hall–Kier alpha value is -2.87. The molecule has 1 amide bonds. The highest BCUT2D eigenvalue weighted by atomic mass is 16.5. The highest BCUT2D eigenvalue weighted by molar-refractivity contribution is 5.76. The molecule has 2 fully saturated rings. The number of carbonyl (C=O) groups excluding carboxylic acids is 1. The molecule has 0 bridgehead atoms. The van der Waals surface area contributed by atoms with Crippen molar-refractivity contribution in [2.75, 3.05) is 40.4 Å². The van der Waals surface area contributed by atoms with Crippen molar-refractivity contribution in [3.05, 3.63) is 40.7 Å². The molecule has 1 N–H and O–H groups in total. The number of likely N-dealkylation sites (tertiary alicyclic amines) is 1. The van der Waals surface area contributed by atoms with Crippen LogP contribution in [0.2, 0.25) is 0 Å². The molecule has 0 atom stereocenters. The van der Waals surface area contributed by atoms with Gasteiger partial charge < -0.3 is 19.7 Å². The molecule has 2 heterocycles. The Morgan fingerprint density at radius 1 is 1.13 bits per heavy atom. The van der Waals surface area contributed by atoms with Gasteiger partial charge in [-0.1, -0.05) is 0 Å². The van der Waals surface area contributed by atoms with Gasteiger partial charge in [-0.05, 0) is 63.0 Å². The van der Waals surface area contributed by atoms with Gasteiger partial charge in [-0.15, -0.1) is 0 Å². The maximum atomic E-state index is 12.6. The summed E-state index contributed by atoms with van der Waals surface area (Å²) in [5.74, 6) is 0.890. The van der Waals surface area contributed by atoms with Gasteiger partial charge >= 0.3 is 0 Å². The van der Waals surface area contributed by atoms with E-state index in [1.165, 1.54) is 30.7 Å². The summed E-state index contributed by atoms with van der Waals surface area (Å²) in [7, 11) is 3.10. The smallest absolute Gasteiger partial charge is 0.270 e. The largest absolute Gasteiger partial charge is 0.497 e. The van der Waals surface area contributed by atoms with E-state index in [1.54, 1.807) is 7.11 Å². The number of rotatable bonds is 9. The lowest BCUT2D eigenvalue weighted by molar-refractivity contribution is -0.122. The molecule has 2 aromatic rings.